The van der Waals surface area contributed by atoms with Crippen LogP contribution in [0.25, 0.3) is 0 Å². The van der Waals surface area contributed by atoms with E-state index in [9.17, 15) is 79.5 Å². The Bertz CT molecular complexity index is 4620. The van der Waals surface area contributed by atoms with E-state index in [1.165, 1.54) is 91.8 Å². The fourth-order valence-electron chi connectivity index (χ4n) is 14.8. The SMILES string of the molecule is C=C1C[C@H]2C(O)C(C(=O)OCc3ccc(O[C@@H]4O[C@H](C(=O)O)[C@@H](O)[C@H](O)[C@H]4O)c(C(=O)NCCOCCOCCOC)c3)c3cc(OCc4cc(COc5cc6c(cc5OC)C(=O)N5CC(=C)C[C@H]5C(O)N6C(=O)OCc5ccc(O[C@@H]6OC[C@@H](O)[C@H](O)[C@H]6O)c(C(=O)CCCOC)c5)cc(OCCOCCOCCOCC(=O)O)c4)c(C)cc3C(=O)N2C1. The van der Waals surface area contributed by atoms with Gasteiger partial charge in [0.1, 0.15) is 105 Å². The van der Waals surface area contributed by atoms with E-state index in [0.717, 1.165) is 4.90 Å². The largest absolute Gasteiger partial charge is 0.493 e. The molecule has 0 radical (unpaired) electrons. The summed E-state index contributed by atoms with van der Waals surface area (Å²) in [4.78, 5) is 114. The third-order valence-corrected chi connectivity index (χ3v) is 21.1. The number of ether oxygens (including phenoxy) is 17. The molecule has 6 heterocycles. The topological polar surface area (TPSA) is 518 Å². The number of rotatable bonds is 44. The van der Waals surface area contributed by atoms with Crippen molar-refractivity contribution in [1.29, 1.82) is 0 Å². The number of fused-ring (bicyclic) bond motifs is 4. The minimum atomic E-state index is -2.06. The van der Waals surface area contributed by atoms with Gasteiger partial charge in [0.2, 0.25) is 12.6 Å². The van der Waals surface area contributed by atoms with Gasteiger partial charge < -0.3 is 147 Å². The lowest BCUT2D eigenvalue weighted by Gasteiger charge is -2.38. The van der Waals surface area contributed by atoms with Crippen molar-refractivity contribution in [3.63, 3.8) is 0 Å². The van der Waals surface area contributed by atoms with Crippen molar-refractivity contribution in [3.05, 3.63) is 159 Å². The number of carbonyl (C=O) groups is 8. The van der Waals surface area contributed by atoms with Crippen molar-refractivity contribution in [1.82, 2.24) is 15.1 Å². The molecule has 0 spiro atoms. The van der Waals surface area contributed by atoms with E-state index >= 15 is 4.79 Å². The molecule has 3 unspecified atom stereocenters. The maximum absolute atomic E-state index is 15.0. The lowest BCUT2D eigenvalue weighted by Crippen LogP contribution is -2.61. The van der Waals surface area contributed by atoms with E-state index < -0.39 is 153 Å². The van der Waals surface area contributed by atoms with Crippen LogP contribution in [0.2, 0.25) is 0 Å². The van der Waals surface area contributed by atoms with Gasteiger partial charge in [-0.15, -0.1) is 0 Å². The van der Waals surface area contributed by atoms with Gasteiger partial charge in [0.15, 0.2) is 29.6 Å². The Morgan fingerprint density at radius 3 is 1.77 bits per heavy atom. The summed E-state index contributed by atoms with van der Waals surface area (Å²) in [6.07, 6.45) is -20.3. The number of aliphatic hydroxyl groups is 8. The summed E-state index contributed by atoms with van der Waals surface area (Å²) in [5.74, 6) is -7.68. The Hall–Kier alpha value is -10.5. The molecule has 674 valence electrons. The second kappa shape index (κ2) is 44.4. The molecule has 6 aliphatic heterocycles. The van der Waals surface area contributed by atoms with E-state index in [1.54, 1.807) is 25.1 Å². The van der Waals surface area contributed by atoms with Crippen LogP contribution in [0.15, 0.2) is 103 Å². The second-order valence-corrected chi connectivity index (χ2v) is 30.0. The van der Waals surface area contributed by atoms with Gasteiger partial charge in [-0.05, 0) is 120 Å². The number of nitrogens with zero attached hydrogens (tertiary/aromatic N) is 3. The minimum absolute atomic E-state index is 0.00886. The molecule has 4 amide bonds. The molecule has 39 nitrogen and oxygen atoms in total. The summed E-state index contributed by atoms with van der Waals surface area (Å²) < 4.78 is 97.2. The molecular weight excluding hydrogens is 1640 g/mol. The maximum atomic E-state index is 15.0. The highest BCUT2D eigenvalue weighted by Crippen LogP contribution is 2.45. The van der Waals surface area contributed by atoms with E-state index in [0.29, 0.717) is 47.5 Å². The lowest BCUT2D eigenvalue weighted by molar-refractivity contribution is -0.271. The van der Waals surface area contributed by atoms with Crippen LogP contribution >= 0.6 is 0 Å². The van der Waals surface area contributed by atoms with Gasteiger partial charge in [-0.2, -0.15) is 0 Å². The van der Waals surface area contributed by atoms with E-state index in [4.69, 9.17) is 85.6 Å². The predicted molar refractivity (Wildman–Crippen MR) is 427 cm³/mol. The number of amides is 4. The van der Waals surface area contributed by atoms with E-state index in [-0.39, 0.29) is 204 Å². The van der Waals surface area contributed by atoms with Gasteiger partial charge >= 0.3 is 24.0 Å². The number of aryl methyl sites for hydroxylation is 1. The maximum Gasteiger partial charge on any atom is 0.416 e. The average Bonchev–Trinajstić information content (AvgIpc) is 1.59. The average molecular weight is 1740 g/mol. The number of carboxylic acids is 2. The summed E-state index contributed by atoms with van der Waals surface area (Å²) >= 11 is 0. The van der Waals surface area contributed by atoms with Crippen molar-refractivity contribution in [2.75, 3.05) is 138 Å². The quantitative estimate of drug-likeness (QED) is 0.0115. The molecule has 0 aromatic heterocycles. The summed E-state index contributed by atoms with van der Waals surface area (Å²) in [7, 11) is 4.33. The first kappa shape index (κ1) is 94.1. The van der Waals surface area contributed by atoms with Crippen LogP contribution in [0.4, 0.5) is 10.5 Å². The summed E-state index contributed by atoms with van der Waals surface area (Å²) in [5, 5.41) is 109. The van der Waals surface area contributed by atoms with Crippen LogP contribution in [-0.4, -0.2) is 322 Å². The van der Waals surface area contributed by atoms with E-state index in [2.05, 4.69) is 18.5 Å². The molecule has 14 atom stereocenters. The number of aliphatic hydroxyl groups excluding tert-OH is 8. The van der Waals surface area contributed by atoms with Crippen LogP contribution in [0.3, 0.4) is 0 Å². The number of aliphatic carboxylic acids is 2. The number of ketones is 1. The Kier molecular flexibility index (Phi) is 33.7. The molecule has 39 heteroatoms. The Labute approximate surface area is 711 Å². The number of hydrogen-bond acceptors (Lipinski definition) is 33. The molecule has 4 fully saturated rings. The van der Waals surface area contributed by atoms with E-state index in [1.807, 2.05) is 0 Å². The van der Waals surface area contributed by atoms with Crippen molar-refractivity contribution in [2.45, 2.75) is 145 Å². The summed E-state index contributed by atoms with van der Waals surface area (Å²) in [5.41, 5.74) is 2.50. The van der Waals surface area contributed by atoms with Crippen LogP contribution in [0.1, 0.15) is 106 Å². The number of benzene rings is 5. The third-order valence-electron chi connectivity index (χ3n) is 21.1. The van der Waals surface area contributed by atoms with Gasteiger partial charge in [0, 0.05) is 58.5 Å². The monoisotopic (exact) mass is 1740 g/mol. The zero-order valence-electron chi connectivity index (χ0n) is 68.7. The number of nitrogens with one attached hydrogen (secondary N) is 1. The van der Waals surface area contributed by atoms with Crippen molar-refractivity contribution < 1.29 is 170 Å². The Morgan fingerprint density at radius 1 is 0.532 bits per heavy atom. The van der Waals surface area contributed by atoms with Crippen molar-refractivity contribution >= 4 is 53.2 Å². The van der Waals surface area contributed by atoms with Crippen LogP contribution in [-0.2, 0) is 92.9 Å². The number of anilines is 1. The first-order valence-corrected chi connectivity index (χ1v) is 40.0. The van der Waals surface area contributed by atoms with Crippen LogP contribution in [0, 0.1) is 6.92 Å². The molecule has 6 aliphatic rings. The van der Waals surface area contributed by atoms with Gasteiger partial charge in [0.25, 0.3) is 17.7 Å². The number of carbonyl (C=O) groups excluding carboxylic acids is 6. The highest BCUT2D eigenvalue weighted by atomic mass is 16.7. The van der Waals surface area contributed by atoms with Crippen LogP contribution < -0.4 is 38.6 Å². The second-order valence-electron chi connectivity index (χ2n) is 30.0. The van der Waals surface area contributed by atoms with Gasteiger partial charge in [0.05, 0.1) is 120 Å². The fraction of sp³-hybridized carbons (Fsp3) is 0.506. The van der Waals surface area contributed by atoms with Crippen molar-refractivity contribution in [3.8, 4) is 34.5 Å². The molecule has 0 bridgehead atoms. The van der Waals surface area contributed by atoms with Gasteiger partial charge in [-0.25, -0.2) is 19.3 Å². The molecule has 4 saturated heterocycles. The lowest BCUT2D eigenvalue weighted by atomic mass is 9.86. The van der Waals surface area contributed by atoms with Gasteiger partial charge in [-0.3, -0.25) is 24.0 Å². The Morgan fingerprint density at radius 2 is 1.11 bits per heavy atom. The smallest absolute Gasteiger partial charge is 0.416 e. The fourth-order valence-corrected chi connectivity index (χ4v) is 14.8. The molecule has 0 aliphatic carbocycles. The molecule has 0 saturated carbocycles. The zero-order chi connectivity index (χ0) is 89.0. The Balaban J connectivity index is 0.854. The molecule has 11 rings (SSSR count). The van der Waals surface area contributed by atoms with Gasteiger partial charge in [-0.1, -0.05) is 36.4 Å². The number of methoxy groups -OCH3 is 3. The number of Topliss-reactive ketones (excluding diaryl/α,β-unsaturated/α-hetero) is 1. The summed E-state index contributed by atoms with van der Waals surface area (Å²) in [6.45, 7) is 9.25. The first-order valence-electron chi connectivity index (χ1n) is 40.0. The number of hydrogen-bond donors (Lipinski definition) is 11. The molecule has 5 aromatic rings. The number of carboxylic acid groups (broad SMARTS) is 2. The number of esters is 1. The zero-order valence-corrected chi connectivity index (χ0v) is 68.7. The predicted octanol–water partition coefficient (Wildman–Crippen LogP) is 2.00. The molecule has 11 N–H and O–H groups in total. The van der Waals surface area contributed by atoms with Crippen LogP contribution in [0.5, 0.6) is 34.5 Å². The minimum Gasteiger partial charge on any atom is -0.493 e. The standard InChI is InChI=1S/C85H104N4O35/c1-45-26-59-70(94)69(82(106)119-39-49-10-12-64(123-84-75(99)72(96)73(97)76(124-84)81(104)105)57(33-49)77(100)86-13-15-111-18-19-112-17-16-109-5)53-34-65(47(3)28-54(53)78(101)87(59)37-45)117-41-50-29-51(31-52(30-50)116-25-24-114-21-20-113-22-23-115-44-68(92)93)42-118-67-36-58-55(35-66(67)110-6)79(102)88-38-46(2)27-60(88)80(103)89(58)85(107)121-40-48-9-11-63(56(32-48)61(90)8-7-14-108-4)122-83-74(98)71(95)62(91)43-120-83/h9-12,28-36,59-60,62,69-76,80,83-84,91,94-99,103H,1-2,7-8,13-27,37-44H2,3-6H3,(H,86,100)(H,92,93)(H,104,105)/t59-,60-,62+,69?,70?,71-,72-,73-,74+,75+,76-,80?,83-,84+/m0/s1. The summed E-state index contributed by atoms with van der Waals surface area (Å²) in [6, 6.07) is 16.9. The highest BCUT2D eigenvalue weighted by molar-refractivity contribution is 6.06. The molecular formula is C85H104N4O35. The molecule has 5 aromatic carbocycles. The highest BCUT2D eigenvalue weighted by Gasteiger charge is 2.51. The normalized spacial score (nSPS) is 23.4. The third kappa shape index (κ3) is 23.5. The van der Waals surface area contributed by atoms with Crippen molar-refractivity contribution in [2.24, 2.45) is 0 Å². The first-order chi connectivity index (χ1) is 59.6. The molecule has 124 heavy (non-hydrogen) atoms.